The van der Waals surface area contributed by atoms with E-state index in [2.05, 4.69) is 49.1 Å². The minimum absolute atomic E-state index is 0.267. The summed E-state index contributed by atoms with van der Waals surface area (Å²) in [6, 6.07) is 15.1. The van der Waals surface area contributed by atoms with Gasteiger partial charge >= 0.3 is 0 Å². The zero-order chi connectivity index (χ0) is 30.4. The molecule has 1 saturated carbocycles. The Morgan fingerprint density at radius 3 is 2.30 bits per heavy atom. The van der Waals surface area contributed by atoms with Crippen LogP contribution in [0.3, 0.4) is 0 Å². The minimum atomic E-state index is -0.267. The molecule has 3 heterocycles. The second-order valence-electron chi connectivity index (χ2n) is 11.1. The van der Waals surface area contributed by atoms with Crippen molar-refractivity contribution in [2.24, 2.45) is 0 Å². The zero-order valence-electron chi connectivity index (χ0n) is 25.1. The van der Waals surface area contributed by atoms with Gasteiger partial charge in [-0.2, -0.15) is 0 Å². The lowest BCUT2D eigenvalue weighted by atomic mass is 10.2. The first-order valence-electron chi connectivity index (χ1n) is 14.6. The van der Waals surface area contributed by atoms with E-state index in [9.17, 15) is 4.39 Å². The predicted molar refractivity (Wildman–Crippen MR) is 171 cm³/mol. The Hall–Kier alpha value is -4.42. The highest BCUT2D eigenvalue weighted by molar-refractivity contribution is 7.18. The SMILES string of the molecule is COc1cc(-c2nnc(Nc3cc4nc(-c5cccc(F)c5)n(C5CC5)c4cc3N3CCN(C)CC3)s2)cc(OC)c1OC. The highest BCUT2D eigenvalue weighted by Crippen LogP contribution is 2.45. The number of methoxy groups -OCH3 is 3. The normalized spacial score (nSPS) is 15.5. The average molecular weight is 616 g/mol. The van der Waals surface area contributed by atoms with E-state index in [0.29, 0.717) is 33.4 Å². The molecule has 1 aliphatic heterocycles. The van der Waals surface area contributed by atoms with Gasteiger partial charge in [0.1, 0.15) is 16.6 Å². The number of ether oxygens (including phenoxy) is 3. The molecule has 1 aliphatic carbocycles. The van der Waals surface area contributed by atoms with Gasteiger partial charge in [-0.3, -0.25) is 0 Å². The molecule has 12 heteroatoms. The average Bonchev–Trinajstić information content (AvgIpc) is 3.65. The van der Waals surface area contributed by atoms with Crippen LogP contribution in [0.25, 0.3) is 33.0 Å². The number of anilines is 3. The molecule has 5 aromatic rings. The van der Waals surface area contributed by atoms with Crippen molar-refractivity contribution in [3.63, 3.8) is 0 Å². The second kappa shape index (κ2) is 11.6. The summed E-state index contributed by atoms with van der Waals surface area (Å²) in [5.41, 5.74) is 5.49. The Balaban J connectivity index is 1.30. The van der Waals surface area contributed by atoms with Crippen molar-refractivity contribution >= 4 is 38.9 Å². The predicted octanol–water partition coefficient (Wildman–Crippen LogP) is 6.22. The number of piperazine rings is 1. The molecule has 7 rings (SSSR count). The fourth-order valence-electron chi connectivity index (χ4n) is 5.78. The van der Waals surface area contributed by atoms with E-state index >= 15 is 0 Å². The number of aromatic nitrogens is 4. The van der Waals surface area contributed by atoms with Crippen LogP contribution in [-0.2, 0) is 0 Å². The molecule has 0 unspecified atom stereocenters. The first-order valence-corrected chi connectivity index (χ1v) is 15.4. The third-order valence-electron chi connectivity index (χ3n) is 8.22. The minimum Gasteiger partial charge on any atom is -0.493 e. The van der Waals surface area contributed by atoms with E-state index in [0.717, 1.165) is 78.4 Å². The molecule has 3 aromatic carbocycles. The summed E-state index contributed by atoms with van der Waals surface area (Å²) >= 11 is 1.44. The van der Waals surface area contributed by atoms with Gasteiger partial charge < -0.3 is 33.9 Å². The maximum atomic E-state index is 14.3. The maximum Gasteiger partial charge on any atom is 0.210 e. The van der Waals surface area contributed by atoms with Crippen LogP contribution in [0.5, 0.6) is 17.2 Å². The van der Waals surface area contributed by atoms with Gasteiger partial charge in [0.2, 0.25) is 10.9 Å². The maximum absolute atomic E-state index is 14.3. The molecule has 0 atom stereocenters. The summed E-state index contributed by atoms with van der Waals surface area (Å²) in [5, 5.41) is 13.9. The Labute approximate surface area is 259 Å². The molecule has 10 nitrogen and oxygen atoms in total. The molecule has 44 heavy (non-hydrogen) atoms. The number of hydrogen-bond acceptors (Lipinski definition) is 10. The quantitative estimate of drug-likeness (QED) is 0.208. The lowest BCUT2D eigenvalue weighted by Crippen LogP contribution is -2.44. The topological polar surface area (TPSA) is 89.8 Å². The summed E-state index contributed by atoms with van der Waals surface area (Å²) in [7, 11) is 6.92. The van der Waals surface area contributed by atoms with E-state index in [1.54, 1.807) is 33.5 Å². The van der Waals surface area contributed by atoms with E-state index in [1.807, 2.05) is 18.2 Å². The van der Waals surface area contributed by atoms with E-state index in [4.69, 9.17) is 19.2 Å². The molecule has 2 fully saturated rings. The van der Waals surface area contributed by atoms with Gasteiger partial charge in [-0.05, 0) is 56.3 Å². The first-order chi connectivity index (χ1) is 21.4. The number of nitrogens with one attached hydrogen (secondary N) is 1. The van der Waals surface area contributed by atoms with Gasteiger partial charge in [0, 0.05) is 43.3 Å². The Morgan fingerprint density at radius 1 is 0.886 bits per heavy atom. The van der Waals surface area contributed by atoms with E-state index in [1.165, 1.54) is 17.4 Å². The second-order valence-corrected chi connectivity index (χ2v) is 12.1. The van der Waals surface area contributed by atoms with Crippen molar-refractivity contribution in [2.75, 3.05) is 64.8 Å². The van der Waals surface area contributed by atoms with Crippen LogP contribution >= 0.6 is 11.3 Å². The first kappa shape index (κ1) is 28.4. The Kier molecular flexibility index (Phi) is 7.47. The molecule has 2 aliphatic rings. The molecule has 0 spiro atoms. The van der Waals surface area contributed by atoms with Crippen molar-refractivity contribution in [1.82, 2.24) is 24.6 Å². The summed E-state index contributed by atoms with van der Waals surface area (Å²) in [6.07, 6.45) is 2.18. The number of nitrogens with zero attached hydrogens (tertiary/aromatic N) is 6. The van der Waals surface area contributed by atoms with Crippen LogP contribution in [-0.4, -0.2) is 79.2 Å². The number of imidazole rings is 1. The summed E-state index contributed by atoms with van der Waals surface area (Å²) in [5.74, 6) is 2.15. The zero-order valence-corrected chi connectivity index (χ0v) is 25.9. The van der Waals surface area contributed by atoms with Crippen molar-refractivity contribution in [2.45, 2.75) is 18.9 Å². The van der Waals surface area contributed by atoms with Crippen molar-refractivity contribution in [1.29, 1.82) is 0 Å². The number of rotatable bonds is 9. The molecule has 2 aromatic heterocycles. The number of fused-ring (bicyclic) bond motifs is 1. The molecule has 0 radical (unpaired) electrons. The third kappa shape index (κ3) is 5.28. The number of likely N-dealkylation sites (N-methyl/N-ethyl adjacent to an activating group) is 1. The van der Waals surface area contributed by atoms with Crippen LogP contribution < -0.4 is 24.4 Å². The summed E-state index contributed by atoms with van der Waals surface area (Å²) < 4.78 is 33.1. The molecule has 0 bridgehead atoms. The smallest absolute Gasteiger partial charge is 0.210 e. The third-order valence-corrected chi connectivity index (χ3v) is 9.11. The lowest BCUT2D eigenvalue weighted by molar-refractivity contribution is 0.313. The monoisotopic (exact) mass is 615 g/mol. The standard InChI is InChI=1S/C32H34FN7O3S/c1-38-10-12-39(13-11-38)25-18-26-24(34-30(40(26)22-8-9-22)19-6-5-7-21(33)14-19)17-23(25)35-32-37-36-31(44-32)20-15-27(41-2)29(43-4)28(16-20)42-3/h5-7,14-18,22H,8-13H2,1-4H3,(H,35,37). The highest BCUT2D eigenvalue weighted by atomic mass is 32.1. The molecule has 0 amide bonds. The van der Waals surface area contributed by atoms with Gasteiger partial charge in [0.05, 0.1) is 43.7 Å². The Bertz CT molecular complexity index is 1800. The fraction of sp³-hybridized carbons (Fsp3) is 0.344. The van der Waals surface area contributed by atoms with Crippen LogP contribution in [0.4, 0.5) is 20.9 Å². The van der Waals surface area contributed by atoms with Gasteiger partial charge in [-0.25, -0.2) is 9.37 Å². The van der Waals surface area contributed by atoms with Crippen LogP contribution in [0.2, 0.25) is 0 Å². The number of halogens is 1. The number of benzene rings is 3. The summed E-state index contributed by atoms with van der Waals surface area (Å²) in [4.78, 5) is 9.80. The highest BCUT2D eigenvalue weighted by Gasteiger charge is 2.30. The van der Waals surface area contributed by atoms with Gasteiger partial charge in [-0.1, -0.05) is 23.5 Å². The lowest BCUT2D eigenvalue weighted by Gasteiger charge is -2.35. The molecular formula is C32H34FN7O3S. The van der Waals surface area contributed by atoms with Crippen molar-refractivity contribution in [3.05, 3.63) is 54.3 Å². The fourth-order valence-corrected chi connectivity index (χ4v) is 6.53. The molecule has 228 valence electrons. The van der Waals surface area contributed by atoms with Gasteiger partial charge in [-0.15, -0.1) is 10.2 Å². The van der Waals surface area contributed by atoms with Gasteiger partial charge in [0.15, 0.2) is 11.5 Å². The molecule has 1 N–H and O–H groups in total. The molecular weight excluding hydrogens is 581 g/mol. The van der Waals surface area contributed by atoms with Crippen LogP contribution in [0.15, 0.2) is 48.5 Å². The van der Waals surface area contributed by atoms with Crippen LogP contribution in [0, 0.1) is 5.82 Å². The number of hydrogen-bond donors (Lipinski definition) is 1. The van der Waals surface area contributed by atoms with Gasteiger partial charge in [0.25, 0.3) is 0 Å². The van der Waals surface area contributed by atoms with E-state index < -0.39 is 0 Å². The van der Waals surface area contributed by atoms with Crippen molar-refractivity contribution in [3.8, 4) is 39.2 Å². The van der Waals surface area contributed by atoms with E-state index in [-0.39, 0.29) is 5.82 Å². The van der Waals surface area contributed by atoms with Crippen molar-refractivity contribution < 1.29 is 18.6 Å². The molecule has 1 saturated heterocycles. The Morgan fingerprint density at radius 2 is 1.64 bits per heavy atom. The largest absolute Gasteiger partial charge is 0.493 e. The summed E-state index contributed by atoms with van der Waals surface area (Å²) in [6.45, 7) is 3.74. The van der Waals surface area contributed by atoms with Crippen LogP contribution in [0.1, 0.15) is 18.9 Å².